The number of aryl methyl sites for hydroxylation is 1. The molecule has 1 fully saturated rings. The summed E-state index contributed by atoms with van der Waals surface area (Å²) in [4.78, 5) is 20.7. The highest BCUT2D eigenvalue weighted by Gasteiger charge is 2.19. The molecule has 9 heteroatoms. The van der Waals surface area contributed by atoms with Gasteiger partial charge >= 0.3 is 0 Å². The van der Waals surface area contributed by atoms with Gasteiger partial charge in [-0.3, -0.25) is 0 Å². The first-order chi connectivity index (χ1) is 15.8. The molecule has 0 saturated carbocycles. The molecule has 162 valence electrons. The number of anilines is 1. The van der Waals surface area contributed by atoms with E-state index in [4.69, 9.17) is 19.6 Å². The first-order valence-electron chi connectivity index (χ1n) is 11.0. The zero-order chi connectivity index (χ0) is 21.5. The standard InChI is InChI=1S/C23H23N7O2/c1-15-17(18-7-8-24-22(26-18)29-9-2-3-10-29)14-25-23-27-21(28-30(15)23)16-5-6-19-20(13-16)32-12-4-11-31-19/h5-8,13-14H,2-4,9-12H2,1H3. The smallest absolute Gasteiger partial charge is 0.252 e. The molecule has 6 rings (SSSR count). The topological polar surface area (TPSA) is 90.6 Å². The summed E-state index contributed by atoms with van der Waals surface area (Å²) in [6.45, 7) is 5.31. The Morgan fingerprint density at radius 2 is 1.75 bits per heavy atom. The molecule has 9 nitrogen and oxygen atoms in total. The van der Waals surface area contributed by atoms with E-state index >= 15 is 0 Å². The van der Waals surface area contributed by atoms with Crippen molar-refractivity contribution >= 4 is 11.7 Å². The Bertz CT molecular complexity index is 1300. The maximum atomic E-state index is 5.82. The van der Waals surface area contributed by atoms with Crippen LogP contribution in [-0.4, -0.2) is 55.9 Å². The Morgan fingerprint density at radius 1 is 0.906 bits per heavy atom. The third kappa shape index (κ3) is 3.30. The lowest BCUT2D eigenvalue weighted by Gasteiger charge is -2.15. The van der Waals surface area contributed by atoms with E-state index in [-0.39, 0.29) is 0 Å². The first kappa shape index (κ1) is 19.0. The summed E-state index contributed by atoms with van der Waals surface area (Å²) in [5.41, 5.74) is 3.53. The minimum Gasteiger partial charge on any atom is -0.490 e. The van der Waals surface area contributed by atoms with E-state index in [1.807, 2.05) is 43.6 Å². The van der Waals surface area contributed by atoms with Crippen LogP contribution in [0.2, 0.25) is 0 Å². The molecule has 2 aliphatic heterocycles. The van der Waals surface area contributed by atoms with E-state index in [2.05, 4.69) is 19.9 Å². The van der Waals surface area contributed by atoms with Gasteiger partial charge in [0.1, 0.15) is 0 Å². The largest absolute Gasteiger partial charge is 0.490 e. The van der Waals surface area contributed by atoms with Crippen molar-refractivity contribution < 1.29 is 9.47 Å². The van der Waals surface area contributed by atoms with Crippen LogP contribution in [0.15, 0.2) is 36.7 Å². The highest BCUT2D eigenvalue weighted by molar-refractivity contribution is 5.66. The fourth-order valence-corrected chi connectivity index (χ4v) is 4.19. The second-order valence-electron chi connectivity index (χ2n) is 8.05. The molecule has 2 aliphatic rings. The Labute approximate surface area is 185 Å². The molecule has 0 amide bonds. The average Bonchev–Trinajstić information content (AvgIpc) is 3.45. The molecule has 0 aliphatic carbocycles. The van der Waals surface area contributed by atoms with Gasteiger partial charge in [0.25, 0.3) is 5.78 Å². The molecule has 0 atom stereocenters. The molecule has 0 radical (unpaired) electrons. The van der Waals surface area contributed by atoms with E-state index in [9.17, 15) is 0 Å². The van der Waals surface area contributed by atoms with Crippen molar-refractivity contribution in [2.24, 2.45) is 0 Å². The SMILES string of the molecule is Cc1c(-c2ccnc(N3CCCC3)n2)cnc2nc(-c3ccc4c(c3)OCCCO4)nn12. The minimum atomic E-state index is 0.544. The zero-order valence-electron chi connectivity index (χ0n) is 17.9. The molecule has 0 bridgehead atoms. The summed E-state index contributed by atoms with van der Waals surface area (Å²) in [6, 6.07) is 7.70. The van der Waals surface area contributed by atoms with Crippen LogP contribution in [0.25, 0.3) is 28.4 Å². The van der Waals surface area contributed by atoms with Gasteiger partial charge in [-0.05, 0) is 44.0 Å². The van der Waals surface area contributed by atoms with Gasteiger partial charge in [-0.1, -0.05) is 0 Å². The van der Waals surface area contributed by atoms with Crippen LogP contribution in [0, 0.1) is 6.92 Å². The summed E-state index contributed by atoms with van der Waals surface area (Å²) in [5, 5.41) is 4.73. The van der Waals surface area contributed by atoms with Crippen LogP contribution in [-0.2, 0) is 0 Å². The Hall–Kier alpha value is -3.75. The Kier molecular flexibility index (Phi) is 4.59. The molecule has 0 unspecified atom stereocenters. The second-order valence-corrected chi connectivity index (χ2v) is 8.05. The molecule has 4 aromatic rings. The molecular weight excluding hydrogens is 406 g/mol. The van der Waals surface area contributed by atoms with E-state index in [0.717, 1.165) is 59.5 Å². The summed E-state index contributed by atoms with van der Waals surface area (Å²) in [7, 11) is 0. The average molecular weight is 429 g/mol. The molecule has 0 N–H and O–H groups in total. The maximum absolute atomic E-state index is 5.82. The van der Waals surface area contributed by atoms with Gasteiger partial charge < -0.3 is 14.4 Å². The molecular formula is C23H23N7O2. The van der Waals surface area contributed by atoms with Crippen LogP contribution in [0.4, 0.5) is 5.95 Å². The van der Waals surface area contributed by atoms with Crippen molar-refractivity contribution in [1.82, 2.24) is 29.5 Å². The van der Waals surface area contributed by atoms with Crippen molar-refractivity contribution in [3.8, 4) is 34.1 Å². The highest BCUT2D eigenvalue weighted by Crippen LogP contribution is 2.33. The van der Waals surface area contributed by atoms with Crippen LogP contribution in [0.1, 0.15) is 25.0 Å². The van der Waals surface area contributed by atoms with Gasteiger partial charge in [-0.25, -0.2) is 19.5 Å². The quantitative estimate of drug-likeness (QED) is 0.490. The van der Waals surface area contributed by atoms with Crippen LogP contribution < -0.4 is 14.4 Å². The molecule has 1 saturated heterocycles. The Balaban J connectivity index is 1.38. The van der Waals surface area contributed by atoms with Crippen LogP contribution in [0.5, 0.6) is 11.5 Å². The lowest BCUT2D eigenvalue weighted by molar-refractivity contribution is 0.297. The van der Waals surface area contributed by atoms with E-state index in [1.165, 1.54) is 12.8 Å². The van der Waals surface area contributed by atoms with E-state index < -0.39 is 0 Å². The number of benzene rings is 1. The van der Waals surface area contributed by atoms with E-state index in [0.29, 0.717) is 24.8 Å². The van der Waals surface area contributed by atoms with E-state index in [1.54, 1.807) is 4.52 Å². The molecule has 0 spiro atoms. The van der Waals surface area contributed by atoms with Crippen molar-refractivity contribution in [2.45, 2.75) is 26.2 Å². The number of nitrogens with zero attached hydrogens (tertiary/aromatic N) is 7. The van der Waals surface area contributed by atoms with Crippen molar-refractivity contribution in [3.63, 3.8) is 0 Å². The predicted molar refractivity (Wildman–Crippen MR) is 119 cm³/mol. The number of fused-ring (bicyclic) bond motifs is 2. The lowest BCUT2D eigenvalue weighted by Crippen LogP contribution is -2.20. The number of aromatic nitrogens is 6. The molecule has 3 aromatic heterocycles. The van der Waals surface area contributed by atoms with Crippen molar-refractivity contribution in [2.75, 3.05) is 31.2 Å². The minimum absolute atomic E-state index is 0.544. The third-order valence-corrected chi connectivity index (χ3v) is 5.92. The summed E-state index contributed by atoms with van der Waals surface area (Å²) >= 11 is 0. The third-order valence-electron chi connectivity index (χ3n) is 5.92. The predicted octanol–water partition coefficient (Wildman–Crippen LogP) is 3.32. The van der Waals surface area contributed by atoms with Gasteiger partial charge in [-0.2, -0.15) is 4.98 Å². The number of rotatable bonds is 3. The number of hydrogen-bond acceptors (Lipinski definition) is 8. The molecule has 5 heterocycles. The monoisotopic (exact) mass is 429 g/mol. The maximum Gasteiger partial charge on any atom is 0.252 e. The summed E-state index contributed by atoms with van der Waals surface area (Å²) in [5.74, 6) is 3.38. The van der Waals surface area contributed by atoms with Gasteiger partial charge in [0, 0.05) is 43.0 Å². The number of ether oxygens (including phenoxy) is 2. The van der Waals surface area contributed by atoms with Gasteiger partial charge in [-0.15, -0.1) is 5.10 Å². The van der Waals surface area contributed by atoms with Crippen LogP contribution >= 0.6 is 0 Å². The summed E-state index contributed by atoms with van der Waals surface area (Å²) in [6.07, 6.45) is 6.85. The van der Waals surface area contributed by atoms with Gasteiger partial charge in [0.05, 0.1) is 24.6 Å². The Morgan fingerprint density at radius 3 is 2.62 bits per heavy atom. The van der Waals surface area contributed by atoms with Gasteiger partial charge in [0.15, 0.2) is 17.3 Å². The number of hydrogen-bond donors (Lipinski definition) is 0. The van der Waals surface area contributed by atoms with Crippen molar-refractivity contribution in [3.05, 3.63) is 42.4 Å². The lowest BCUT2D eigenvalue weighted by atomic mass is 10.2. The normalized spacial score (nSPS) is 15.8. The summed E-state index contributed by atoms with van der Waals surface area (Å²) < 4.78 is 13.3. The fourth-order valence-electron chi connectivity index (χ4n) is 4.19. The molecule has 1 aromatic carbocycles. The fraction of sp³-hybridized carbons (Fsp3) is 0.348. The zero-order valence-corrected chi connectivity index (χ0v) is 17.9. The second kappa shape index (κ2) is 7.74. The van der Waals surface area contributed by atoms with Crippen LogP contribution in [0.3, 0.4) is 0 Å². The van der Waals surface area contributed by atoms with Crippen molar-refractivity contribution in [1.29, 1.82) is 0 Å². The van der Waals surface area contributed by atoms with Gasteiger partial charge in [0.2, 0.25) is 5.95 Å². The highest BCUT2D eigenvalue weighted by atomic mass is 16.5. The molecule has 32 heavy (non-hydrogen) atoms. The first-order valence-corrected chi connectivity index (χ1v) is 11.0.